The van der Waals surface area contributed by atoms with E-state index in [0.717, 1.165) is 4.90 Å². The molecule has 1 aromatic carbocycles. The number of amides is 4. The summed E-state index contributed by atoms with van der Waals surface area (Å²) in [6, 6.07) is 12.0. The van der Waals surface area contributed by atoms with Crippen molar-refractivity contribution in [3.05, 3.63) is 77.8 Å². The van der Waals surface area contributed by atoms with E-state index in [9.17, 15) is 19.2 Å². The Hall–Kier alpha value is -4.53. The number of pyridine rings is 1. The van der Waals surface area contributed by atoms with Crippen molar-refractivity contribution in [2.75, 3.05) is 11.5 Å². The van der Waals surface area contributed by atoms with E-state index >= 15 is 0 Å². The quantitative estimate of drug-likeness (QED) is 0.374. The summed E-state index contributed by atoms with van der Waals surface area (Å²) in [5.41, 5.74) is 1.13. The molecule has 1 aliphatic heterocycles. The second kappa shape index (κ2) is 8.68. The first kappa shape index (κ1) is 20.7. The van der Waals surface area contributed by atoms with Gasteiger partial charge in [0.05, 0.1) is 17.9 Å². The number of esters is 1. The molecule has 1 aliphatic rings. The Morgan fingerprint density at radius 1 is 1.06 bits per heavy atom. The minimum absolute atomic E-state index is 0.247. The Morgan fingerprint density at radius 3 is 2.47 bits per heavy atom. The van der Waals surface area contributed by atoms with Gasteiger partial charge in [-0.05, 0) is 49.4 Å². The van der Waals surface area contributed by atoms with Crippen LogP contribution in [-0.4, -0.2) is 35.4 Å². The predicted octanol–water partition coefficient (Wildman–Crippen LogP) is 3.18. The third-order valence-electron chi connectivity index (χ3n) is 4.62. The first-order valence-corrected chi connectivity index (χ1v) is 9.67. The van der Waals surface area contributed by atoms with Gasteiger partial charge in [0.2, 0.25) is 0 Å². The smallest absolute Gasteiger partial charge is 0.338 e. The lowest BCUT2D eigenvalue weighted by molar-refractivity contribution is -0.122. The molecule has 3 aromatic rings. The minimum Gasteiger partial charge on any atom is -0.462 e. The highest BCUT2D eigenvalue weighted by Crippen LogP contribution is 2.26. The van der Waals surface area contributed by atoms with Crippen LogP contribution in [0.4, 0.5) is 10.5 Å². The van der Waals surface area contributed by atoms with Crippen molar-refractivity contribution in [2.45, 2.75) is 6.92 Å². The van der Waals surface area contributed by atoms with Gasteiger partial charge >= 0.3 is 12.0 Å². The highest BCUT2D eigenvalue weighted by molar-refractivity contribution is 6.39. The Morgan fingerprint density at radius 2 is 1.78 bits per heavy atom. The number of carbonyl (C=O) groups is 4. The average molecular weight is 431 g/mol. The molecule has 2 aromatic heterocycles. The topological polar surface area (TPSA) is 119 Å². The van der Waals surface area contributed by atoms with Gasteiger partial charge in [0.15, 0.2) is 0 Å². The second-order valence-corrected chi connectivity index (χ2v) is 6.66. The van der Waals surface area contributed by atoms with Crippen LogP contribution in [-0.2, 0) is 14.3 Å². The number of barbiturate groups is 1. The molecule has 0 aliphatic carbocycles. The van der Waals surface area contributed by atoms with E-state index < -0.39 is 23.8 Å². The molecule has 1 N–H and O–H groups in total. The maximum absolute atomic E-state index is 12.9. The second-order valence-electron chi connectivity index (χ2n) is 6.66. The monoisotopic (exact) mass is 431 g/mol. The van der Waals surface area contributed by atoms with E-state index in [1.54, 1.807) is 43.3 Å². The number of hydrogen-bond acceptors (Lipinski definition) is 7. The Bertz CT molecular complexity index is 1230. The van der Waals surface area contributed by atoms with Crippen LogP contribution in [0.1, 0.15) is 23.0 Å². The van der Waals surface area contributed by atoms with Gasteiger partial charge < -0.3 is 9.15 Å². The number of ether oxygens (including phenoxy) is 1. The summed E-state index contributed by atoms with van der Waals surface area (Å²) in [4.78, 5) is 53.8. The molecule has 4 amide bonds. The molecule has 9 heteroatoms. The van der Waals surface area contributed by atoms with Crippen molar-refractivity contribution < 1.29 is 28.3 Å². The number of nitrogens with zero attached hydrogens (tertiary/aromatic N) is 2. The Labute approximate surface area is 182 Å². The molecule has 0 spiro atoms. The summed E-state index contributed by atoms with van der Waals surface area (Å²) >= 11 is 0. The summed E-state index contributed by atoms with van der Waals surface area (Å²) < 4.78 is 10.7. The van der Waals surface area contributed by atoms with Gasteiger partial charge in [-0.25, -0.2) is 14.5 Å². The third-order valence-corrected chi connectivity index (χ3v) is 4.62. The fourth-order valence-corrected chi connectivity index (χ4v) is 3.10. The van der Waals surface area contributed by atoms with Crippen LogP contribution in [0.2, 0.25) is 0 Å². The number of anilines is 1. The molecule has 0 bridgehead atoms. The molecule has 4 rings (SSSR count). The fourth-order valence-electron chi connectivity index (χ4n) is 3.10. The van der Waals surface area contributed by atoms with E-state index in [2.05, 4.69) is 10.3 Å². The van der Waals surface area contributed by atoms with Crippen molar-refractivity contribution in [2.24, 2.45) is 0 Å². The van der Waals surface area contributed by atoms with Crippen LogP contribution >= 0.6 is 0 Å². The zero-order valence-electron chi connectivity index (χ0n) is 16.9. The van der Waals surface area contributed by atoms with Crippen molar-refractivity contribution in [1.82, 2.24) is 10.3 Å². The number of urea groups is 1. The molecule has 1 fully saturated rings. The first-order valence-electron chi connectivity index (χ1n) is 9.67. The third kappa shape index (κ3) is 4.04. The molecule has 0 atom stereocenters. The normalized spacial score (nSPS) is 15.1. The van der Waals surface area contributed by atoms with Gasteiger partial charge in [-0.3, -0.25) is 19.9 Å². The lowest BCUT2D eigenvalue weighted by Gasteiger charge is -2.25. The number of furan rings is 1. The van der Waals surface area contributed by atoms with Gasteiger partial charge in [0.1, 0.15) is 17.1 Å². The highest BCUT2D eigenvalue weighted by Gasteiger charge is 2.37. The van der Waals surface area contributed by atoms with Crippen molar-refractivity contribution >= 4 is 35.6 Å². The van der Waals surface area contributed by atoms with Crippen molar-refractivity contribution in [1.29, 1.82) is 0 Å². The summed E-state index contributed by atoms with van der Waals surface area (Å²) in [5.74, 6) is -1.29. The summed E-state index contributed by atoms with van der Waals surface area (Å²) in [7, 11) is 0. The van der Waals surface area contributed by atoms with E-state index in [-0.39, 0.29) is 23.6 Å². The first-order chi connectivity index (χ1) is 15.5. The van der Waals surface area contributed by atoms with Gasteiger partial charge in [0, 0.05) is 18.0 Å². The number of rotatable bonds is 5. The molecule has 0 unspecified atom stereocenters. The number of aromatic nitrogens is 1. The van der Waals surface area contributed by atoms with Crippen molar-refractivity contribution in [3.8, 4) is 11.3 Å². The average Bonchev–Trinajstić information content (AvgIpc) is 3.26. The van der Waals surface area contributed by atoms with Crippen LogP contribution in [0.3, 0.4) is 0 Å². The highest BCUT2D eigenvalue weighted by atomic mass is 16.5. The van der Waals surface area contributed by atoms with Crippen LogP contribution < -0.4 is 10.2 Å². The number of hydrogen-bond donors (Lipinski definition) is 1. The predicted molar refractivity (Wildman–Crippen MR) is 113 cm³/mol. The summed E-state index contributed by atoms with van der Waals surface area (Å²) in [6.07, 6.45) is 4.14. The van der Waals surface area contributed by atoms with Gasteiger partial charge in [-0.15, -0.1) is 0 Å². The molecule has 160 valence electrons. The molecule has 0 saturated carbocycles. The zero-order valence-corrected chi connectivity index (χ0v) is 16.9. The number of nitrogens with one attached hydrogen (secondary N) is 1. The van der Waals surface area contributed by atoms with Gasteiger partial charge in [-0.2, -0.15) is 0 Å². The summed E-state index contributed by atoms with van der Waals surface area (Å²) in [6.45, 7) is 2.02. The Balaban J connectivity index is 1.59. The standard InChI is InChI=1S/C23H17N3O6/c1-2-31-22(29)15-5-3-14(4-6-15)19-8-7-17(32-19)13-18-20(27)25-23(30)26(21(18)28)16-9-11-24-12-10-16/h3-13H,2H2,1H3,(H,25,27,30)/b18-13+. The van der Waals surface area contributed by atoms with E-state index in [4.69, 9.17) is 9.15 Å². The zero-order chi connectivity index (χ0) is 22.7. The van der Waals surface area contributed by atoms with Crippen molar-refractivity contribution in [3.63, 3.8) is 0 Å². The van der Waals surface area contributed by atoms with Crippen LogP contribution in [0.15, 0.2) is 70.9 Å². The lowest BCUT2D eigenvalue weighted by Crippen LogP contribution is -2.54. The largest absolute Gasteiger partial charge is 0.462 e. The van der Waals surface area contributed by atoms with Crippen LogP contribution in [0, 0.1) is 0 Å². The summed E-state index contributed by atoms with van der Waals surface area (Å²) in [5, 5.41) is 2.15. The maximum atomic E-state index is 12.9. The number of benzene rings is 1. The lowest BCUT2D eigenvalue weighted by atomic mass is 10.1. The maximum Gasteiger partial charge on any atom is 0.338 e. The van der Waals surface area contributed by atoms with Gasteiger partial charge in [-0.1, -0.05) is 12.1 Å². The van der Waals surface area contributed by atoms with E-state index in [1.165, 1.54) is 30.6 Å². The van der Waals surface area contributed by atoms with E-state index in [0.29, 0.717) is 16.9 Å². The number of imide groups is 2. The van der Waals surface area contributed by atoms with Crippen LogP contribution in [0.25, 0.3) is 17.4 Å². The Kier molecular flexibility index (Phi) is 5.63. The molecule has 3 heterocycles. The number of carbonyl (C=O) groups excluding carboxylic acids is 4. The molecular formula is C23H17N3O6. The molecular weight excluding hydrogens is 414 g/mol. The molecule has 32 heavy (non-hydrogen) atoms. The van der Waals surface area contributed by atoms with Gasteiger partial charge in [0.25, 0.3) is 11.8 Å². The molecule has 1 saturated heterocycles. The fraction of sp³-hybridized carbons (Fsp3) is 0.0870. The molecule has 9 nitrogen and oxygen atoms in total. The van der Waals surface area contributed by atoms with Crippen LogP contribution in [0.5, 0.6) is 0 Å². The van der Waals surface area contributed by atoms with E-state index in [1.807, 2.05) is 0 Å². The molecule has 0 radical (unpaired) electrons. The minimum atomic E-state index is -0.842. The SMILES string of the molecule is CCOC(=O)c1ccc(-c2ccc(/C=C3\C(=O)NC(=O)N(c4ccncc4)C3=O)o2)cc1.